The first-order valence-corrected chi connectivity index (χ1v) is 7.06. The van der Waals surface area contributed by atoms with E-state index in [0.29, 0.717) is 0 Å². The maximum atomic E-state index is 6.18. The molecule has 0 unspecified atom stereocenters. The van der Waals surface area contributed by atoms with Crippen molar-refractivity contribution in [3.05, 3.63) is 46.2 Å². The van der Waals surface area contributed by atoms with Crippen LogP contribution < -0.4 is 5.32 Å². The van der Waals surface area contributed by atoms with Gasteiger partial charge in [0.05, 0.1) is 11.9 Å². The molecule has 0 radical (unpaired) electrons. The zero-order valence-corrected chi connectivity index (χ0v) is 12.0. The van der Waals surface area contributed by atoms with Gasteiger partial charge in [0.15, 0.2) is 0 Å². The van der Waals surface area contributed by atoms with Gasteiger partial charge in [-0.15, -0.1) is 0 Å². The van der Waals surface area contributed by atoms with Crippen molar-refractivity contribution in [3.63, 3.8) is 0 Å². The van der Waals surface area contributed by atoms with Gasteiger partial charge in [0.2, 0.25) is 0 Å². The Kier molecular flexibility index (Phi) is 3.33. The molecule has 0 bridgehead atoms. The van der Waals surface area contributed by atoms with E-state index in [1.165, 1.54) is 24.1 Å². The lowest BCUT2D eigenvalue weighted by atomic mass is 10.2. The molecule has 3 rings (SSSR count). The Hall–Kier alpha value is -1.32. The maximum absolute atomic E-state index is 6.18. The van der Waals surface area contributed by atoms with Crippen molar-refractivity contribution in [2.75, 3.05) is 0 Å². The minimum absolute atomic E-state index is 0.719. The van der Waals surface area contributed by atoms with E-state index in [1.54, 1.807) is 0 Å². The second-order valence-corrected chi connectivity index (χ2v) is 5.66. The van der Waals surface area contributed by atoms with Crippen molar-refractivity contribution in [3.8, 4) is 5.69 Å². The summed E-state index contributed by atoms with van der Waals surface area (Å²) in [5, 5.41) is 8.78. The van der Waals surface area contributed by atoms with Crippen LogP contribution in [-0.4, -0.2) is 15.8 Å². The molecule has 1 fully saturated rings. The molecular weight excluding hydrogens is 258 g/mol. The zero-order chi connectivity index (χ0) is 13.4. The molecule has 2 aromatic rings. The van der Waals surface area contributed by atoms with Gasteiger partial charge in [-0.1, -0.05) is 17.7 Å². The molecule has 1 N–H and O–H groups in total. The molecule has 1 aromatic carbocycles. The number of nitrogens with one attached hydrogen (secondary N) is 1. The predicted octanol–water partition coefficient (Wildman–Crippen LogP) is 3.39. The van der Waals surface area contributed by atoms with Crippen LogP contribution in [0.25, 0.3) is 5.69 Å². The molecule has 1 heterocycles. The number of aromatic nitrogens is 2. The lowest BCUT2D eigenvalue weighted by Crippen LogP contribution is -2.15. The molecule has 1 aliphatic rings. The summed E-state index contributed by atoms with van der Waals surface area (Å²) < 4.78 is 1.95. The van der Waals surface area contributed by atoms with Gasteiger partial charge in [0.1, 0.15) is 0 Å². The minimum Gasteiger partial charge on any atom is -0.310 e. The average molecular weight is 276 g/mol. The van der Waals surface area contributed by atoms with Gasteiger partial charge >= 0.3 is 0 Å². The molecule has 1 aliphatic carbocycles. The lowest BCUT2D eigenvalue weighted by Gasteiger charge is -2.08. The normalized spacial score (nSPS) is 14.9. The van der Waals surface area contributed by atoms with Crippen LogP contribution in [-0.2, 0) is 6.54 Å². The molecule has 0 saturated heterocycles. The first kappa shape index (κ1) is 12.7. The van der Waals surface area contributed by atoms with Crippen LogP contribution in [0.4, 0.5) is 0 Å². The van der Waals surface area contributed by atoms with Crippen LogP contribution in [0, 0.1) is 13.8 Å². The first-order valence-electron chi connectivity index (χ1n) is 6.68. The summed E-state index contributed by atoms with van der Waals surface area (Å²) in [5.41, 5.74) is 4.54. The fraction of sp³-hybridized carbons (Fsp3) is 0.400. The third kappa shape index (κ3) is 2.67. The molecule has 0 amide bonds. The van der Waals surface area contributed by atoms with Crippen molar-refractivity contribution in [2.45, 2.75) is 39.3 Å². The molecule has 0 aliphatic heterocycles. The van der Waals surface area contributed by atoms with Crippen LogP contribution in [0.3, 0.4) is 0 Å². The summed E-state index contributed by atoms with van der Waals surface area (Å²) in [7, 11) is 0. The predicted molar refractivity (Wildman–Crippen MR) is 77.9 cm³/mol. The van der Waals surface area contributed by atoms with Crippen LogP contribution in [0.15, 0.2) is 24.4 Å². The number of halogens is 1. The summed E-state index contributed by atoms with van der Waals surface area (Å²) in [6, 6.07) is 6.77. The van der Waals surface area contributed by atoms with E-state index in [0.717, 1.165) is 28.9 Å². The standard InChI is InChI=1S/C15H18ClN3/c1-10-3-6-14(7-15(10)16)19-11(2)12(9-18-19)8-17-13-4-5-13/h3,6-7,9,13,17H,4-5,8H2,1-2H3. The van der Waals surface area contributed by atoms with Gasteiger partial charge in [0.25, 0.3) is 0 Å². The highest BCUT2D eigenvalue weighted by atomic mass is 35.5. The maximum Gasteiger partial charge on any atom is 0.0663 e. The lowest BCUT2D eigenvalue weighted by molar-refractivity contribution is 0.684. The molecule has 1 saturated carbocycles. The van der Waals surface area contributed by atoms with Crippen LogP contribution in [0.2, 0.25) is 5.02 Å². The molecule has 1 aromatic heterocycles. The highest BCUT2D eigenvalue weighted by Gasteiger charge is 2.20. The first-order chi connectivity index (χ1) is 9.15. The van der Waals surface area contributed by atoms with Crippen LogP contribution >= 0.6 is 11.6 Å². The summed E-state index contributed by atoms with van der Waals surface area (Å²) in [6.45, 7) is 5.01. The third-order valence-corrected chi connectivity index (χ3v) is 4.08. The number of hydrogen-bond acceptors (Lipinski definition) is 2. The number of nitrogens with zero attached hydrogens (tertiary/aromatic N) is 2. The Morgan fingerprint density at radius 1 is 1.37 bits per heavy atom. The van der Waals surface area contributed by atoms with E-state index in [2.05, 4.69) is 23.4 Å². The number of rotatable bonds is 4. The van der Waals surface area contributed by atoms with E-state index >= 15 is 0 Å². The summed E-state index contributed by atoms with van der Waals surface area (Å²) in [5.74, 6) is 0. The second-order valence-electron chi connectivity index (χ2n) is 5.26. The van der Waals surface area contributed by atoms with Crippen LogP contribution in [0.5, 0.6) is 0 Å². The number of hydrogen-bond donors (Lipinski definition) is 1. The van der Waals surface area contributed by atoms with E-state index in [9.17, 15) is 0 Å². The van der Waals surface area contributed by atoms with Crippen molar-refractivity contribution in [2.24, 2.45) is 0 Å². The summed E-state index contributed by atoms with van der Waals surface area (Å²) in [4.78, 5) is 0. The monoisotopic (exact) mass is 275 g/mol. The highest BCUT2D eigenvalue weighted by Crippen LogP contribution is 2.22. The van der Waals surface area contributed by atoms with E-state index < -0.39 is 0 Å². The van der Waals surface area contributed by atoms with Gasteiger partial charge in [-0.3, -0.25) is 0 Å². The summed E-state index contributed by atoms with van der Waals surface area (Å²) >= 11 is 6.18. The SMILES string of the molecule is Cc1ccc(-n2ncc(CNC3CC3)c2C)cc1Cl. The quantitative estimate of drug-likeness (QED) is 0.927. The molecule has 4 heteroatoms. The second kappa shape index (κ2) is 4.99. The fourth-order valence-electron chi connectivity index (χ4n) is 2.13. The average Bonchev–Trinajstić information content (AvgIpc) is 3.15. The van der Waals surface area contributed by atoms with Gasteiger partial charge < -0.3 is 5.32 Å². The van der Waals surface area contributed by atoms with Crippen LogP contribution in [0.1, 0.15) is 29.7 Å². The fourth-order valence-corrected chi connectivity index (χ4v) is 2.31. The molecule has 100 valence electrons. The largest absolute Gasteiger partial charge is 0.310 e. The Morgan fingerprint density at radius 2 is 2.16 bits per heavy atom. The van der Waals surface area contributed by atoms with Gasteiger partial charge in [0, 0.05) is 28.9 Å². The van der Waals surface area contributed by atoms with E-state index in [-0.39, 0.29) is 0 Å². The smallest absolute Gasteiger partial charge is 0.0663 e. The minimum atomic E-state index is 0.719. The molecule has 3 nitrogen and oxygen atoms in total. The van der Waals surface area contributed by atoms with Gasteiger partial charge in [-0.05, 0) is 44.4 Å². The van der Waals surface area contributed by atoms with E-state index in [1.807, 2.05) is 29.9 Å². The Labute approximate surface area is 118 Å². The molecular formula is C15H18ClN3. The Balaban J connectivity index is 1.85. The van der Waals surface area contributed by atoms with Gasteiger partial charge in [-0.25, -0.2) is 4.68 Å². The molecule has 0 spiro atoms. The van der Waals surface area contributed by atoms with Crippen molar-refractivity contribution >= 4 is 11.6 Å². The third-order valence-electron chi connectivity index (χ3n) is 3.67. The Morgan fingerprint density at radius 3 is 2.84 bits per heavy atom. The zero-order valence-electron chi connectivity index (χ0n) is 11.3. The summed E-state index contributed by atoms with van der Waals surface area (Å²) in [6.07, 6.45) is 4.56. The topological polar surface area (TPSA) is 29.9 Å². The van der Waals surface area contributed by atoms with Gasteiger partial charge in [-0.2, -0.15) is 5.10 Å². The van der Waals surface area contributed by atoms with Crippen molar-refractivity contribution < 1.29 is 0 Å². The molecule has 19 heavy (non-hydrogen) atoms. The molecule has 0 atom stereocenters. The Bertz CT molecular complexity index is 599. The van der Waals surface area contributed by atoms with Crippen molar-refractivity contribution in [1.82, 2.24) is 15.1 Å². The highest BCUT2D eigenvalue weighted by molar-refractivity contribution is 6.31. The number of benzene rings is 1. The number of aryl methyl sites for hydroxylation is 1. The van der Waals surface area contributed by atoms with Crippen molar-refractivity contribution in [1.29, 1.82) is 0 Å². The van der Waals surface area contributed by atoms with E-state index in [4.69, 9.17) is 11.6 Å².